The van der Waals surface area contributed by atoms with Gasteiger partial charge >= 0.3 is 0 Å². The minimum atomic E-state index is -0.449. The Labute approximate surface area is 166 Å². The van der Waals surface area contributed by atoms with Gasteiger partial charge in [-0.05, 0) is 50.1 Å². The van der Waals surface area contributed by atoms with Crippen molar-refractivity contribution in [1.82, 2.24) is 9.78 Å². The van der Waals surface area contributed by atoms with Crippen molar-refractivity contribution in [1.29, 1.82) is 0 Å². The Morgan fingerprint density at radius 1 is 1.18 bits per heavy atom. The zero-order chi connectivity index (χ0) is 20.0. The number of nitro benzene ring substituents is 1. The van der Waals surface area contributed by atoms with Gasteiger partial charge in [0.25, 0.3) is 11.6 Å². The third-order valence-corrected chi connectivity index (χ3v) is 5.53. The maximum absolute atomic E-state index is 13.0. The standard InChI is InChI=1S/C20H17ClN4O3/c1-12-19(21)13(2)24(22-12)16-6-4-15(5-7-16)20(26)23-10-9-14-3-8-17(25(27)28)11-18(14)23/h3-8,11H,9-10H2,1-2H3. The number of anilines is 1. The third kappa shape index (κ3) is 2.93. The number of nitrogens with zero attached hydrogens (tertiary/aromatic N) is 4. The molecule has 0 radical (unpaired) electrons. The van der Waals surface area contributed by atoms with Gasteiger partial charge in [-0.3, -0.25) is 14.9 Å². The van der Waals surface area contributed by atoms with Crippen LogP contribution in [0.1, 0.15) is 27.3 Å². The number of carbonyl (C=O) groups excluding carboxylic acids is 1. The monoisotopic (exact) mass is 396 g/mol. The van der Waals surface area contributed by atoms with Crippen molar-refractivity contribution in [3.05, 3.63) is 80.1 Å². The van der Waals surface area contributed by atoms with Gasteiger partial charge in [-0.25, -0.2) is 4.68 Å². The molecule has 0 bridgehead atoms. The lowest BCUT2D eigenvalue weighted by atomic mass is 10.1. The Hall–Kier alpha value is -3.19. The third-order valence-electron chi connectivity index (χ3n) is 4.98. The first-order valence-electron chi connectivity index (χ1n) is 8.78. The molecule has 0 N–H and O–H groups in total. The van der Waals surface area contributed by atoms with Crippen LogP contribution >= 0.6 is 11.6 Å². The lowest BCUT2D eigenvalue weighted by Crippen LogP contribution is -2.28. The highest BCUT2D eigenvalue weighted by Crippen LogP contribution is 2.33. The molecule has 4 rings (SSSR count). The van der Waals surface area contributed by atoms with E-state index in [-0.39, 0.29) is 11.6 Å². The SMILES string of the molecule is Cc1nn(-c2ccc(C(=O)N3CCc4ccc([N+](=O)[O-])cc43)cc2)c(C)c1Cl. The number of benzene rings is 2. The fraction of sp³-hybridized carbons (Fsp3) is 0.200. The highest BCUT2D eigenvalue weighted by atomic mass is 35.5. The lowest BCUT2D eigenvalue weighted by Gasteiger charge is -2.17. The number of hydrogen-bond donors (Lipinski definition) is 0. The van der Waals surface area contributed by atoms with E-state index in [4.69, 9.17) is 11.6 Å². The highest BCUT2D eigenvalue weighted by molar-refractivity contribution is 6.31. The second-order valence-electron chi connectivity index (χ2n) is 6.72. The van der Waals surface area contributed by atoms with Gasteiger partial charge in [-0.1, -0.05) is 17.7 Å². The second kappa shape index (κ2) is 6.76. The molecule has 8 heteroatoms. The Morgan fingerprint density at radius 3 is 2.50 bits per heavy atom. The number of amides is 1. The molecule has 0 saturated carbocycles. The van der Waals surface area contributed by atoms with E-state index in [2.05, 4.69) is 5.10 Å². The average molecular weight is 397 g/mol. The lowest BCUT2D eigenvalue weighted by molar-refractivity contribution is -0.384. The first kappa shape index (κ1) is 18.2. The van der Waals surface area contributed by atoms with E-state index in [1.54, 1.807) is 27.8 Å². The highest BCUT2D eigenvalue weighted by Gasteiger charge is 2.27. The van der Waals surface area contributed by atoms with Gasteiger partial charge in [0.1, 0.15) is 0 Å². The van der Waals surface area contributed by atoms with Gasteiger partial charge in [0.15, 0.2) is 0 Å². The van der Waals surface area contributed by atoms with E-state index < -0.39 is 4.92 Å². The van der Waals surface area contributed by atoms with Crippen LogP contribution in [-0.4, -0.2) is 27.2 Å². The van der Waals surface area contributed by atoms with Crippen LogP contribution in [0.25, 0.3) is 5.69 Å². The Bertz CT molecular complexity index is 1110. The molecular weight excluding hydrogens is 380 g/mol. The maximum atomic E-state index is 13.0. The number of aromatic nitrogens is 2. The molecule has 1 aromatic heterocycles. The number of carbonyl (C=O) groups is 1. The first-order valence-corrected chi connectivity index (χ1v) is 9.16. The summed E-state index contributed by atoms with van der Waals surface area (Å²) >= 11 is 6.21. The summed E-state index contributed by atoms with van der Waals surface area (Å²) in [6.45, 7) is 4.23. The van der Waals surface area contributed by atoms with Gasteiger partial charge in [0.05, 0.1) is 32.7 Å². The molecule has 7 nitrogen and oxygen atoms in total. The molecule has 28 heavy (non-hydrogen) atoms. The van der Waals surface area contributed by atoms with Gasteiger partial charge in [-0.15, -0.1) is 0 Å². The molecule has 1 aliphatic rings. The topological polar surface area (TPSA) is 81.3 Å². The molecule has 0 saturated heterocycles. The zero-order valence-corrected chi connectivity index (χ0v) is 16.1. The molecule has 1 amide bonds. The van der Waals surface area contributed by atoms with Gasteiger partial charge in [-0.2, -0.15) is 5.10 Å². The summed E-state index contributed by atoms with van der Waals surface area (Å²) in [7, 11) is 0. The minimum absolute atomic E-state index is 0.0183. The van der Waals surface area contributed by atoms with Crippen LogP contribution < -0.4 is 4.90 Å². The van der Waals surface area contributed by atoms with Crippen molar-refractivity contribution in [2.24, 2.45) is 0 Å². The quantitative estimate of drug-likeness (QED) is 0.489. The van der Waals surface area contributed by atoms with Gasteiger partial charge < -0.3 is 4.90 Å². The van der Waals surface area contributed by atoms with Crippen LogP contribution in [0.2, 0.25) is 5.02 Å². The molecule has 0 unspecified atom stereocenters. The van der Waals surface area contributed by atoms with E-state index in [9.17, 15) is 14.9 Å². The predicted octanol–water partition coefficient (Wildman–Crippen LogP) is 4.25. The fourth-order valence-electron chi connectivity index (χ4n) is 3.47. The smallest absolute Gasteiger partial charge is 0.271 e. The first-order chi connectivity index (χ1) is 13.4. The largest absolute Gasteiger partial charge is 0.308 e. The summed E-state index contributed by atoms with van der Waals surface area (Å²) in [4.78, 5) is 25.2. The summed E-state index contributed by atoms with van der Waals surface area (Å²) in [5.74, 6) is -0.183. The zero-order valence-electron chi connectivity index (χ0n) is 15.3. The van der Waals surface area contributed by atoms with E-state index in [1.165, 1.54) is 12.1 Å². The van der Waals surface area contributed by atoms with Crippen LogP contribution in [-0.2, 0) is 6.42 Å². The van der Waals surface area contributed by atoms with Crippen molar-refractivity contribution in [2.75, 3.05) is 11.4 Å². The molecule has 3 aromatic rings. The summed E-state index contributed by atoms with van der Waals surface area (Å²) in [6, 6.07) is 11.7. The molecular formula is C20H17ClN4O3. The number of non-ortho nitro benzene ring substituents is 1. The van der Waals surface area contributed by atoms with E-state index in [0.29, 0.717) is 29.2 Å². The summed E-state index contributed by atoms with van der Waals surface area (Å²) in [5.41, 5.74) is 4.42. The van der Waals surface area contributed by atoms with Crippen molar-refractivity contribution >= 4 is 28.9 Å². The van der Waals surface area contributed by atoms with Crippen LogP contribution in [0.4, 0.5) is 11.4 Å². The number of halogens is 1. The van der Waals surface area contributed by atoms with Crippen LogP contribution in [0, 0.1) is 24.0 Å². The number of aryl methyl sites for hydroxylation is 1. The molecule has 142 valence electrons. The minimum Gasteiger partial charge on any atom is -0.308 e. The molecule has 0 atom stereocenters. The molecule has 0 aliphatic carbocycles. The van der Waals surface area contributed by atoms with Crippen molar-refractivity contribution in [3.8, 4) is 5.69 Å². The van der Waals surface area contributed by atoms with E-state index >= 15 is 0 Å². The Morgan fingerprint density at radius 2 is 1.89 bits per heavy atom. The van der Waals surface area contributed by atoms with E-state index in [0.717, 1.165) is 22.6 Å². The molecule has 1 aliphatic heterocycles. The normalized spacial score (nSPS) is 12.9. The number of fused-ring (bicyclic) bond motifs is 1. The summed E-state index contributed by atoms with van der Waals surface area (Å²) in [6.07, 6.45) is 0.682. The van der Waals surface area contributed by atoms with Crippen LogP contribution in [0.3, 0.4) is 0 Å². The van der Waals surface area contributed by atoms with E-state index in [1.807, 2.05) is 26.0 Å². The maximum Gasteiger partial charge on any atom is 0.271 e. The fourth-order valence-corrected chi connectivity index (χ4v) is 3.59. The second-order valence-corrected chi connectivity index (χ2v) is 7.10. The molecule has 2 heterocycles. The summed E-state index contributed by atoms with van der Waals surface area (Å²) in [5, 5.41) is 16.1. The van der Waals surface area contributed by atoms with Gasteiger partial charge in [0, 0.05) is 24.2 Å². The molecule has 0 spiro atoms. The summed E-state index contributed by atoms with van der Waals surface area (Å²) < 4.78 is 1.74. The molecule has 2 aromatic carbocycles. The van der Waals surface area contributed by atoms with Crippen molar-refractivity contribution < 1.29 is 9.72 Å². The number of hydrogen-bond acceptors (Lipinski definition) is 4. The molecule has 0 fully saturated rings. The number of rotatable bonds is 3. The van der Waals surface area contributed by atoms with Crippen molar-refractivity contribution in [3.63, 3.8) is 0 Å². The number of nitro groups is 1. The van der Waals surface area contributed by atoms with Crippen molar-refractivity contribution in [2.45, 2.75) is 20.3 Å². The van der Waals surface area contributed by atoms with Crippen LogP contribution in [0.5, 0.6) is 0 Å². The Balaban J connectivity index is 1.63. The van der Waals surface area contributed by atoms with Gasteiger partial charge in [0.2, 0.25) is 0 Å². The Kier molecular flexibility index (Phi) is 4.39. The predicted molar refractivity (Wildman–Crippen MR) is 107 cm³/mol. The average Bonchev–Trinajstić information content (AvgIpc) is 3.23. The van der Waals surface area contributed by atoms with Crippen LogP contribution in [0.15, 0.2) is 42.5 Å².